The van der Waals surface area contributed by atoms with Gasteiger partial charge in [-0.2, -0.15) is 0 Å². The van der Waals surface area contributed by atoms with Gasteiger partial charge in [-0.25, -0.2) is 4.79 Å². The third-order valence-corrected chi connectivity index (χ3v) is 4.56. The van der Waals surface area contributed by atoms with Gasteiger partial charge in [-0.15, -0.1) is 0 Å². The first kappa shape index (κ1) is 20.4. The number of piperidine rings is 1. The summed E-state index contributed by atoms with van der Waals surface area (Å²) in [6.07, 6.45) is -1.10. The molecule has 0 saturated carbocycles. The molecule has 3 amide bonds. The third-order valence-electron chi connectivity index (χ3n) is 4.56. The molecule has 1 aromatic carbocycles. The molecular weight excluding hydrogens is 352 g/mol. The minimum absolute atomic E-state index is 0.0502. The summed E-state index contributed by atoms with van der Waals surface area (Å²) in [6.45, 7) is 4.15. The molecule has 1 aliphatic rings. The van der Waals surface area contributed by atoms with Crippen LogP contribution in [0.2, 0.25) is 0 Å². The SMILES string of the molecule is COC(=O)NC(=O)[C@@H](C)OC(=O)C1CCN(C(=O)c2ccccc2C)CC1. The highest BCUT2D eigenvalue weighted by Crippen LogP contribution is 2.22. The van der Waals surface area contributed by atoms with E-state index >= 15 is 0 Å². The minimum atomic E-state index is -1.11. The predicted molar refractivity (Wildman–Crippen MR) is 95.9 cm³/mol. The van der Waals surface area contributed by atoms with Gasteiger partial charge in [0.1, 0.15) is 0 Å². The van der Waals surface area contributed by atoms with Crippen molar-refractivity contribution >= 4 is 23.9 Å². The fraction of sp³-hybridized carbons (Fsp3) is 0.474. The Bertz CT molecular complexity index is 725. The van der Waals surface area contributed by atoms with Crippen LogP contribution in [0, 0.1) is 12.8 Å². The van der Waals surface area contributed by atoms with Crippen LogP contribution in [0.15, 0.2) is 24.3 Å². The lowest BCUT2D eigenvalue weighted by molar-refractivity contribution is -0.159. The van der Waals surface area contributed by atoms with E-state index in [2.05, 4.69) is 4.74 Å². The number of nitrogens with one attached hydrogen (secondary N) is 1. The van der Waals surface area contributed by atoms with E-state index in [0.29, 0.717) is 31.5 Å². The van der Waals surface area contributed by atoms with Crippen molar-refractivity contribution in [1.29, 1.82) is 0 Å². The lowest BCUT2D eigenvalue weighted by atomic mass is 9.96. The van der Waals surface area contributed by atoms with Crippen molar-refractivity contribution < 1.29 is 28.7 Å². The number of hydrogen-bond acceptors (Lipinski definition) is 6. The van der Waals surface area contributed by atoms with Crippen molar-refractivity contribution in [1.82, 2.24) is 10.2 Å². The van der Waals surface area contributed by atoms with Crippen molar-refractivity contribution in [2.75, 3.05) is 20.2 Å². The number of aryl methyl sites for hydroxylation is 1. The smallest absolute Gasteiger partial charge is 0.413 e. The molecule has 0 aromatic heterocycles. The number of alkyl carbamates (subject to hydrolysis) is 1. The van der Waals surface area contributed by atoms with Gasteiger partial charge in [0.2, 0.25) is 0 Å². The Hall–Kier alpha value is -2.90. The van der Waals surface area contributed by atoms with Crippen molar-refractivity contribution in [3.8, 4) is 0 Å². The summed E-state index contributed by atoms with van der Waals surface area (Å²) < 4.78 is 9.46. The maximum absolute atomic E-state index is 12.6. The van der Waals surface area contributed by atoms with Gasteiger partial charge in [-0.3, -0.25) is 19.7 Å². The molecule has 1 N–H and O–H groups in total. The molecule has 0 aliphatic carbocycles. The Balaban J connectivity index is 1.85. The topological polar surface area (TPSA) is 102 Å². The molecule has 1 heterocycles. The Morgan fingerprint density at radius 1 is 1.15 bits per heavy atom. The molecule has 0 spiro atoms. The molecule has 1 aromatic rings. The number of esters is 1. The van der Waals surface area contributed by atoms with Crippen LogP contribution in [0.3, 0.4) is 0 Å². The molecule has 1 fully saturated rings. The molecule has 8 heteroatoms. The summed E-state index contributed by atoms with van der Waals surface area (Å²) in [6, 6.07) is 7.38. The average Bonchev–Trinajstić information content (AvgIpc) is 2.67. The normalized spacial score (nSPS) is 15.6. The Morgan fingerprint density at radius 2 is 1.78 bits per heavy atom. The highest BCUT2D eigenvalue weighted by atomic mass is 16.6. The van der Waals surface area contributed by atoms with Gasteiger partial charge in [-0.1, -0.05) is 18.2 Å². The standard InChI is InChI=1S/C19H24N2O6/c1-12-6-4-5-7-15(12)17(23)21-10-8-14(9-11-21)18(24)27-13(2)16(22)20-19(25)26-3/h4-7,13-14H,8-11H2,1-3H3,(H,20,22,25)/t13-/m1/s1. The lowest BCUT2D eigenvalue weighted by Gasteiger charge is -2.31. The quantitative estimate of drug-likeness (QED) is 0.802. The molecule has 2 rings (SSSR count). The van der Waals surface area contributed by atoms with Crippen molar-refractivity contribution in [3.63, 3.8) is 0 Å². The van der Waals surface area contributed by atoms with Gasteiger partial charge < -0.3 is 14.4 Å². The molecular formula is C19H24N2O6. The minimum Gasteiger partial charge on any atom is -0.453 e. The number of hydrogen-bond donors (Lipinski definition) is 1. The summed E-state index contributed by atoms with van der Waals surface area (Å²) in [5.41, 5.74) is 1.57. The Labute approximate surface area is 157 Å². The van der Waals surface area contributed by atoms with E-state index < -0.39 is 24.1 Å². The van der Waals surface area contributed by atoms with E-state index in [1.165, 1.54) is 6.92 Å². The summed E-state index contributed by atoms with van der Waals surface area (Å²) in [5, 5.41) is 1.95. The summed E-state index contributed by atoms with van der Waals surface area (Å²) in [4.78, 5) is 49.3. The molecule has 1 saturated heterocycles. The summed E-state index contributed by atoms with van der Waals surface area (Å²) in [7, 11) is 1.13. The summed E-state index contributed by atoms with van der Waals surface area (Å²) >= 11 is 0. The van der Waals surface area contributed by atoms with E-state index in [1.807, 2.05) is 30.4 Å². The van der Waals surface area contributed by atoms with E-state index in [0.717, 1.165) is 12.7 Å². The second-order valence-electron chi connectivity index (χ2n) is 6.44. The highest BCUT2D eigenvalue weighted by Gasteiger charge is 2.31. The molecule has 0 unspecified atom stereocenters. The van der Waals surface area contributed by atoms with Gasteiger partial charge in [0.25, 0.3) is 11.8 Å². The number of imide groups is 1. The van der Waals surface area contributed by atoms with E-state index in [1.54, 1.807) is 11.0 Å². The molecule has 1 atom stereocenters. The van der Waals surface area contributed by atoms with Crippen LogP contribution in [0.4, 0.5) is 4.79 Å². The number of ether oxygens (including phenoxy) is 2. The number of methoxy groups -OCH3 is 1. The van der Waals surface area contributed by atoms with Crippen LogP contribution >= 0.6 is 0 Å². The fourth-order valence-corrected chi connectivity index (χ4v) is 2.88. The fourth-order valence-electron chi connectivity index (χ4n) is 2.88. The lowest BCUT2D eigenvalue weighted by Crippen LogP contribution is -2.43. The number of nitrogens with zero attached hydrogens (tertiary/aromatic N) is 1. The maximum Gasteiger partial charge on any atom is 0.413 e. The van der Waals surface area contributed by atoms with Crippen molar-refractivity contribution in [3.05, 3.63) is 35.4 Å². The first-order valence-corrected chi connectivity index (χ1v) is 8.77. The zero-order valence-corrected chi connectivity index (χ0v) is 15.7. The van der Waals surface area contributed by atoms with Crippen LogP contribution in [0.25, 0.3) is 0 Å². The van der Waals surface area contributed by atoms with E-state index in [4.69, 9.17) is 4.74 Å². The molecule has 146 valence electrons. The molecule has 0 radical (unpaired) electrons. The monoisotopic (exact) mass is 376 g/mol. The third kappa shape index (κ3) is 5.29. The highest BCUT2D eigenvalue weighted by molar-refractivity contribution is 5.96. The molecule has 1 aliphatic heterocycles. The van der Waals surface area contributed by atoms with Gasteiger partial charge in [0.05, 0.1) is 13.0 Å². The van der Waals surface area contributed by atoms with Crippen LogP contribution in [-0.4, -0.2) is 55.1 Å². The molecule has 0 bridgehead atoms. The largest absolute Gasteiger partial charge is 0.453 e. The maximum atomic E-state index is 12.6. The van der Waals surface area contributed by atoms with E-state index in [-0.39, 0.29) is 11.8 Å². The molecule has 27 heavy (non-hydrogen) atoms. The van der Waals surface area contributed by atoms with Gasteiger partial charge in [0.15, 0.2) is 6.10 Å². The molecule has 8 nitrogen and oxygen atoms in total. The summed E-state index contributed by atoms with van der Waals surface area (Å²) in [5.74, 6) is -1.70. The van der Waals surface area contributed by atoms with Crippen LogP contribution < -0.4 is 5.32 Å². The number of carbonyl (C=O) groups excluding carboxylic acids is 4. The second kappa shape index (κ2) is 9.16. The Kier molecular flexibility index (Phi) is 6.92. The van der Waals surface area contributed by atoms with Crippen molar-refractivity contribution in [2.45, 2.75) is 32.8 Å². The first-order chi connectivity index (χ1) is 12.8. The number of carbonyl (C=O) groups is 4. The number of amides is 3. The number of benzene rings is 1. The average molecular weight is 376 g/mol. The zero-order chi connectivity index (χ0) is 20.0. The zero-order valence-electron chi connectivity index (χ0n) is 15.7. The number of rotatable bonds is 4. The van der Waals surface area contributed by atoms with Gasteiger partial charge in [0, 0.05) is 18.7 Å². The van der Waals surface area contributed by atoms with Crippen LogP contribution in [-0.2, 0) is 19.1 Å². The second-order valence-corrected chi connectivity index (χ2v) is 6.44. The van der Waals surface area contributed by atoms with Gasteiger partial charge >= 0.3 is 12.1 Å². The predicted octanol–water partition coefficient (Wildman–Crippen LogP) is 1.66. The van der Waals surface area contributed by atoms with Gasteiger partial charge in [-0.05, 0) is 38.3 Å². The van der Waals surface area contributed by atoms with Crippen LogP contribution in [0.5, 0.6) is 0 Å². The Morgan fingerprint density at radius 3 is 2.37 bits per heavy atom. The first-order valence-electron chi connectivity index (χ1n) is 8.77. The number of likely N-dealkylation sites (tertiary alicyclic amines) is 1. The van der Waals surface area contributed by atoms with Crippen molar-refractivity contribution in [2.24, 2.45) is 5.92 Å². The van der Waals surface area contributed by atoms with E-state index in [9.17, 15) is 19.2 Å². The van der Waals surface area contributed by atoms with Crippen LogP contribution in [0.1, 0.15) is 35.7 Å².